The molecular weight excluding hydrogens is 304 g/mol. The molecule has 0 heterocycles. The van der Waals surface area contributed by atoms with Gasteiger partial charge in [-0.2, -0.15) is 0 Å². The number of hydrogen-bond donors (Lipinski definition) is 2. The van der Waals surface area contributed by atoms with Gasteiger partial charge in [0.2, 0.25) is 0 Å². The fourth-order valence-electron chi connectivity index (χ4n) is 1.52. The number of aliphatic carboxylic acids is 2. The summed E-state index contributed by atoms with van der Waals surface area (Å²) in [4.78, 5) is 22.5. The molecule has 0 aliphatic heterocycles. The van der Waals surface area contributed by atoms with Gasteiger partial charge in [-0.25, -0.2) is 0 Å². The van der Waals surface area contributed by atoms with Crippen LogP contribution in [0.5, 0.6) is 5.75 Å². The zero-order valence-corrected chi connectivity index (χ0v) is 12.6. The molecule has 2 unspecified atom stereocenters. The summed E-state index contributed by atoms with van der Waals surface area (Å²) in [5.41, 5.74) is 0. The molecule has 1 rings (SSSR count). The second kappa shape index (κ2) is 7.40. The van der Waals surface area contributed by atoms with E-state index in [2.05, 4.69) is 0 Å². The number of carboxylic acid groups (broad SMARTS) is 2. The largest absolute Gasteiger partial charge is 0.497 e. The standard InChI is InChI=1S/C13H15ClO5S/c1-7(13(17)18)10(6-12(15)16)20-11-5-8(19-2)3-4-9(11)14/h3-5,7,10H,6H2,1-2H3,(H,15,16)(H,17,18). The van der Waals surface area contributed by atoms with E-state index in [1.54, 1.807) is 18.2 Å². The Labute approximate surface area is 125 Å². The molecule has 0 spiro atoms. The van der Waals surface area contributed by atoms with Crippen molar-refractivity contribution in [2.24, 2.45) is 5.92 Å². The average molecular weight is 319 g/mol. The molecule has 0 aromatic heterocycles. The van der Waals surface area contributed by atoms with Crippen LogP contribution in [0.1, 0.15) is 13.3 Å². The molecule has 0 aliphatic carbocycles. The predicted molar refractivity (Wildman–Crippen MR) is 76.7 cm³/mol. The normalized spacial score (nSPS) is 13.6. The lowest BCUT2D eigenvalue weighted by Gasteiger charge is -2.19. The van der Waals surface area contributed by atoms with Gasteiger partial charge in [-0.1, -0.05) is 18.5 Å². The molecule has 5 nitrogen and oxygen atoms in total. The lowest BCUT2D eigenvalue weighted by atomic mass is 10.1. The Kier molecular flexibility index (Phi) is 6.16. The predicted octanol–water partition coefficient (Wildman–Crippen LogP) is 3.00. The number of carboxylic acids is 2. The van der Waals surface area contributed by atoms with Crippen LogP contribution in [0.2, 0.25) is 5.02 Å². The zero-order chi connectivity index (χ0) is 15.3. The van der Waals surface area contributed by atoms with Crippen molar-refractivity contribution in [3.8, 4) is 5.75 Å². The van der Waals surface area contributed by atoms with Gasteiger partial charge in [-0.05, 0) is 18.2 Å². The number of benzene rings is 1. The third-order valence-corrected chi connectivity index (χ3v) is 4.65. The number of rotatable bonds is 7. The van der Waals surface area contributed by atoms with E-state index in [4.69, 9.17) is 26.6 Å². The smallest absolute Gasteiger partial charge is 0.307 e. The van der Waals surface area contributed by atoms with Crippen molar-refractivity contribution in [2.75, 3.05) is 7.11 Å². The molecule has 20 heavy (non-hydrogen) atoms. The molecule has 0 radical (unpaired) electrons. The maximum absolute atomic E-state index is 11.1. The minimum Gasteiger partial charge on any atom is -0.497 e. The van der Waals surface area contributed by atoms with Crippen molar-refractivity contribution >= 4 is 35.3 Å². The van der Waals surface area contributed by atoms with Gasteiger partial charge < -0.3 is 14.9 Å². The van der Waals surface area contributed by atoms with Crippen LogP contribution in [-0.4, -0.2) is 34.5 Å². The van der Waals surface area contributed by atoms with Crippen molar-refractivity contribution in [2.45, 2.75) is 23.5 Å². The van der Waals surface area contributed by atoms with Crippen LogP contribution in [-0.2, 0) is 9.59 Å². The fourth-order valence-corrected chi connectivity index (χ4v) is 3.00. The van der Waals surface area contributed by atoms with Crippen LogP contribution in [0.15, 0.2) is 23.1 Å². The number of carbonyl (C=O) groups is 2. The van der Waals surface area contributed by atoms with Crippen LogP contribution in [0.25, 0.3) is 0 Å². The first-order valence-electron chi connectivity index (χ1n) is 5.80. The summed E-state index contributed by atoms with van der Waals surface area (Å²) in [6.07, 6.45) is -0.258. The maximum Gasteiger partial charge on any atom is 0.307 e. The number of halogens is 1. The monoisotopic (exact) mass is 318 g/mol. The summed E-state index contributed by atoms with van der Waals surface area (Å²) in [7, 11) is 1.51. The Balaban J connectivity index is 2.99. The minimum absolute atomic E-state index is 0.258. The quantitative estimate of drug-likeness (QED) is 0.752. The molecule has 0 saturated heterocycles. The first-order chi connectivity index (χ1) is 9.35. The molecule has 7 heteroatoms. The molecule has 0 saturated carbocycles. The molecular formula is C13H15ClO5S. The Hall–Kier alpha value is -1.40. The molecule has 0 bridgehead atoms. The van der Waals surface area contributed by atoms with Crippen LogP contribution >= 0.6 is 23.4 Å². The highest BCUT2D eigenvalue weighted by atomic mass is 35.5. The highest BCUT2D eigenvalue weighted by molar-refractivity contribution is 8.00. The molecule has 0 aliphatic rings. The topological polar surface area (TPSA) is 83.8 Å². The molecule has 2 N–H and O–H groups in total. The zero-order valence-electron chi connectivity index (χ0n) is 11.0. The molecule has 0 amide bonds. The lowest BCUT2D eigenvalue weighted by Crippen LogP contribution is -2.25. The summed E-state index contributed by atoms with van der Waals surface area (Å²) in [5.74, 6) is -2.32. The first-order valence-corrected chi connectivity index (χ1v) is 7.05. The summed E-state index contributed by atoms with van der Waals surface area (Å²) in [5, 5.41) is 17.8. The van der Waals surface area contributed by atoms with Crippen molar-refractivity contribution in [1.82, 2.24) is 0 Å². The number of methoxy groups -OCH3 is 1. The van der Waals surface area contributed by atoms with E-state index in [0.29, 0.717) is 15.7 Å². The highest BCUT2D eigenvalue weighted by Gasteiger charge is 2.27. The Morgan fingerprint density at radius 2 is 2.05 bits per heavy atom. The van der Waals surface area contributed by atoms with Crippen molar-refractivity contribution < 1.29 is 24.5 Å². The average Bonchev–Trinajstić information content (AvgIpc) is 2.38. The second-order valence-electron chi connectivity index (χ2n) is 4.18. The molecule has 0 fully saturated rings. The SMILES string of the molecule is COc1ccc(Cl)c(SC(CC(=O)O)C(C)C(=O)O)c1. The van der Waals surface area contributed by atoms with Crippen LogP contribution in [0, 0.1) is 5.92 Å². The van der Waals surface area contributed by atoms with Gasteiger partial charge in [-0.15, -0.1) is 11.8 Å². The van der Waals surface area contributed by atoms with Crippen molar-refractivity contribution in [1.29, 1.82) is 0 Å². The summed E-state index contributed by atoms with van der Waals surface area (Å²) < 4.78 is 5.08. The minimum atomic E-state index is -1.05. The molecule has 110 valence electrons. The first kappa shape index (κ1) is 16.7. The number of ether oxygens (including phenoxy) is 1. The van der Waals surface area contributed by atoms with E-state index in [1.165, 1.54) is 14.0 Å². The van der Waals surface area contributed by atoms with E-state index in [9.17, 15) is 9.59 Å². The van der Waals surface area contributed by atoms with Gasteiger partial charge in [0.05, 0.1) is 24.5 Å². The lowest BCUT2D eigenvalue weighted by molar-refractivity contribution is -0.141. The van der Waals surface area contributed by atoms with Gasteiger partial charge in [-0.3, -0.25) is 9.59 Å². The summed E-state index contributed by atoms with van der Waals surface area (Å²) in [6, 6.07) is 4.97. The molecule has 1 aromatic carbocycles. The van der Waals surface area contributed by atoms with Gasteiger partial charge in [0.15, 0.2) is 0 Å². The number of hydrogen-bond acceptors (Lipinski definition) is 4. The van der Waals surface area contributed by atoms with Crippen LogP contribution in [0.4, 0.5) is 0 Å². The van der Waals surface area contributed by atoms with Crippen molar-refractivity contribution in [3.05, 3.63) is 23.2 Å². The Bertz CT molecular complexity index is 506. The summed E-state index contributed by atoms with van der Waals surface area (Å²) >= 11 is 7.18. The third-order valence-electron chi connectivity index (χ3n) is 2.74. The molecule has 1 aromatic rings. The van der Waals surface area contributed by atoms with E-state index in [1.807, 2.05) is 0 Å². The third kappa shape index (κ3) is 4.61. The van der Waals surface area contributed by atoms with Gasteiger partial charge >= 0.3 is 11.9 Å². The summed E-state index contributed by atoms with van der Waals surface area (Å²) in [6.45, 7) is 1.48. The fraction of sp³-hybridized carbons (Fsp3) is 0.385. The Morgan fingerprint density at radius 1 is 1.40 bits per heavy atom. The Morgan fingerprint density at radius 3 is 2.55 bits per heavy atom. The van der Waals surface area contributed by atoms with E-state index >= 15 is 0 Å². The van der Waals surface area contributed by atoms with Crippen LogP contribution < -0.4 is 4.74 Å². The second-order valence-corrected chi connectivity index (χ2v) is 5.87. The molecule has 2 atom stereocenters. The van der Waals surface area contributed by atoms with E-state index < -0.39 is 23.1 Å². The number of thioether (sulfide) groups is 1. The highest BCUT2D eigenvalue weighted by Crippen LogP contribution is 2.37. The van der Waals surface area contributed by atoms with Gasteiger partial charge in [0.1, 0.15) is 5.75 Å². The van der Waals surface area contributed by atoms with Crippen molar-refractivity contribution in [3.63, 3.8) is 0 Å². The maximum atomic E-state index is 11.1. The van der Waals surface area contributed by atoms with Crippen LogP contribution in [0.3, 0.4) is 0 Å². The van der Waals surface area contributed by atoms with Gasteiger partial charge in [0.25, 0.3) is 0 Å². The van der Waals surface area contributed by atoms with E-state index in [-0.39, 0.29) is 6.42 Å². The van der Waals surface area contributed by atoms with Gasteiger partial charge in [0, 0.05) is 10.1 Å². The van der Waals surface area contributed by atoms with E-state index in [0.717, 1.165) is 11.8 Å².